The molecule has 1 fully saturated rings. The molecule has 1 heterocycles. The van der Waals surface area contributed by atoms with Gasteiger partial charge in [-0.3, -0.25) is 4.90 Å². The van der Waals surface area contributed by atoms with Crippen LogP contribution in [0, 0.1) is 0 Å². The molecular formula is C7H15NO4. The lowest BCUT2D eigenvalue weighted by Gasteiger charge is -2.36. The van der Waals surface area contributed by atoms with Gasteiger partial charge in [0.15, 0.2) is 0 Å². The van der Waals surface area contributed by atoms with E-state index in [-0.39, 0.29) is 6.61 Å². The summed E-state index contributed by atoms with van der Waals surface area (Å²) in [5.41, 5.74) is 0. The standard InChI is InChI=1S/C7H15NO4/c9-2-1-8-3-5(10)7(12)6(11)4-8/h5-7,9-12H,1-4H2/t5-,6+,7?. The van der Waals surface area contributed by atoms with Crippen LogP contribution in [-0.4, -0.2) is 69.9 Å². The fourth-order valence-corrected chi connectivity index (χ4v) is 1.40. The number of aliphatic hydroxyl groups excluding tert-OH is 4. The zero-order chi connectivity index (χ0) is 9.14. The maximum Gasteiger partial charge on any atom is 0.108 e. The van der Waals surface area contributed by atoms with Gasteiger partial charge in [0.1, 0.15) is 6.10 Å². The van der Waals surface area contributed by atoms with E-state index in [0.717, 1.165) is 0 Å². The van der Waals surface area contributed by atoms with Crippen LogP contribution in [0.2, 0.25) is 0 Å². The van der Waals surface area contributed by atoms with E-state index in [2.05, 4.69) is 0 Å². The van der Waals surface area contributed by atoms with Crippen molar-refractivity contribution in [2.24, 2.45) is 0 Å². The second-order valence-electron chi connectivity index (χ2n) is 3.11. The monoisotopic (exact) mass is 177 g/mol. The molecule has 1 aliphatic rings. The highest BCUT2D eigenvalue weighted by atomic mass is 16.4. The van der Waals surface area contributed by atoms with Crippen molar-refractivity contribution in [2.45, 2.75) is 18.3 Å². The van der Waals surface area contributed by atoms with Crippen LogP contribution >= 0.6 is 0 Å². The van der Waals surface area contributed by atoms with Crippen LogP contribution in [-0.2, 0) is 0 Å². The van der Waals surface area contributed by atoms with Crippen molar-refractivity contribution >= 4 is 0 Å². The molecule has 0 saturated carbocycles. The number of hydrogen-bond acceptors (Lipinski definition) is 5. The fraction of sp³-hybridized carbons (Fsp3) is 1.00. The molecule has 1 aliphatic heterocycles. The highest BCUT2D eigenvalue weighted by Gasteiger charge is 2.32. The lowest BCUT2D eigenvalue weighted by Crippen LogP contribution is -2.55. The number of piperidine rings is 1. The van der Waals surface area contributed by atoms with E-state index < -0.39 is 18.3 Å². The number of aliphatic hydroxyl groups is 4. The number of likely N-dealkylation sites (tertiary alicyclic amines) is 1. The molecule has 0 spiro atoms. The SMILES string of the molecule is OCCN1C[C@@H](O)C(O)[C@@H](O)C1. The molecule has 0 radical (unpaired) electrons. The zero-order valence-corrected chi connectivity index (χ0v) is 6.80. The first-order valence-corrected chi connectivity index (χ1v) is 4.02. The van der Waals surface area contributed by atoms with Gasteiger partial charge in [0.2, 0.25) is 0 Å². The molecule has 0 aromatic heterocycles. The summed E-state index contributed by atoms with van der Waals surface area (Å²) in [5.74, 6) is 0. The molecule has 5 heteroatoms. The molecule has 0 amide bonds. The van der Waals surface area contributed by atoms with Crippen molar-refractivity contribution in [3.05, 3.63) is 0 Å². The van der Waals surface area contributed by atoms with E-state index in [1.54, 1.807) is 4.90 Å². The van der Waals surface area contributed by atoms with Crippen LogP contribution in [0.5, 0.6) is 0 Å². The maximum absolute atomic E-state index is 9.21. The quantitative estimate of drug-likeness (QED) is 0.371. The predicted molar refractivity (Wildman–Crippen MR) is 41.5 cm³/mol. The number of nitrogens with zero attached hydrogens (tertiary/aromatic N) is 1. The molecular weight excluding hydrogens is 162 g/mol. The van der Waals surface area contributed by atoms with Gasteiger partial charge in [-0.05, 0) is 0 Å². The largest absolute Gasteiger partial charge is 0.395 e. The first-order chi connectivity index (χ1) is 5.65. The second kappa shape index (κ2) is 4.15. The Hall–Kier alpha value is -0.200. The maximum atomic E-state index is 9.21. The first-order valence-electron chi connectivity index (χ1n) is 4.02. The fourth-order valence-electron chi connectivity index (χ4n) is 1.40. The highest BCUT2D eigenvalue weighted by Crippen LogP contribution is 2.10. The van der Waals surface area contributed by atoms with Crippen LogP contribution < -0.4 is 0 Å². The van der Waals surface area contributed by atoms with Crippen LogP contribution in [0.15, 0.2) is 0 Å². The number of β-amino-alcohol motifs (C(OH)–C–C–N with tert-alkyl or cyclic N) is 3. The summed E-state index contributed by atoms with van der Waals surface area (Å²) in [6.45, 7) is 1.02. The van der Waals surface area contributed by atoms with Gasteiger partial charge in [-0.1, -0.05) is 0 Å². The van der Waals surface area contributed by atoms with Crippen LogP contribution in [0.3, 0.4) is 0 Å². The molecule has 0 bridgehead atoms. The molecule has 0 aromatic carbocycles. The van der Waals surface area contributed by atoms with Gasteiger partial charge in [-0.25, -0.2) is 0 Å². The Morgan fingerprint density at radius 2 is 1.58 bits per heavy atom. The Labute approximate surface area is 70.9 Å². The Morgan fingerprint density at radius 3 is 2.00 bits per heavy atom. The third kappa shape index (κ3) is 2.15. The predicted octanol–water partition coefficient (Wildman–Crippen LogP) is -2.62. The van der Waals surface area contributed by atoms with Gasteiger partial charge in [0.25, 0.3) is 0 Å². The Balaban J connectivity index is 2.42. The van der Waals surface area contributed by atoms with Crippen molar-refractivity contribution in [1.29, 1.82) is 0 Å². The van der Waals surface area contributed by atoms with Crippen LogP contribution in [0.1, 0.15) is 0 Å². The number of rotatable bonds is 2. The molecule has 3 atom stereocenters. The lowest BCUT2D eigenvalue weighted by molar-refractivity contribution is -0.111. The smallest absolute Gasteiger partial charge is 0.108 e. The van der Waals surface area contributed by atoms with Crippen LogP contribution in [0.25, 0.3) is 0 Å². The summed E-state index contributed by atoms with van der Waals surface area (Å²) in [6, 6.07) is 0. The average molecular weight is 177 g/mol. The third-order valence-corrected chi connectivity index (χ3v) is 2.10. The van der Waals surface area contributed by atoms with Crippen LogP contribution in [0.4, 0.5) is 0 Å². The number of hydrogen-bond donors (Lipinski definition) is 4. The summed E-state index contributed by atoms with van der Waals surface area (Å²) in [4.78, 5) is 1.71. The zero-order valence-electron chi connectivity index (χ0n) is 6.80. The molecule has 1 rings (SSSR count). The highest BCUT2D eigenvalue weighted by molar-refractivity contribution is 4.85. The summed E-state index contributed by atoms with van der Waals surface area (Å²) in [7, 11) is 0. The second-order valence-corrected chi connectivity index (χ2v) is 3.11. The minimum absolute atomic E-state index is 0.00443. The summed E-state index contributed by atoms with van der Waals surface area (Å²) in [5, 5.41) is 36.2. The van der Waals surface area contributed by atoms with Crippen molar-refractivity contribution in [2.75, 3.05) is 26.2 Å². The summed E-state index contributed by atoms with van der Waals surface area (Å²) in [6.07, 6.45) is -2.89. The van der Waals surface area contributed by atoms with E-state index in [4.69, 9.17) is 10.2 Å². The Morgan fingerprint density at radius 1 is 1.08 bits per heavy atom. The normalized spacial score (nSPS) is 38.5. The van der Waals surface area contributed by atoms with E-state index in [0.29, 0.717) is 19.6 Å². The Bertz CT molecular complexity index is 131. The van der Waals surface area contributed by atoms with Gasteiger partial charge >= 0.3 is 0 Å². The van der Waals surface area contributed by atoms with E-state index in [1.165, 1.54) is 0 Å². The topological polar surface area (TPSA) is 84.2 Å². The third-order valence-electron chi connectivity index (χ3n) is 2.10. The molecule has 1 unspecified atom stereocenters. The molecule has 4 N–H and O–H groups in total. The van der Waals surface area contributed by atoms with Crippen molar-refractivity contribution in [3.8, 4) is 0 Å². The van der Waals surface area contributed by atoms with Gasteiger partial charge < -0.3 is 20.4 Å². The van der Waals surface area contributed by atoms with E-state index in [1.807, 2.05) is 0 Å². The molecule has 72 valence electrons. The summed E-state index contributed by atoms with van der Waals surface area (Å²) >= 11 is 0. The lowest BCUT2D eigenvalue weighted by atomic mass is 10.0. The van der Waals surface area contributed by atoms with Gasteiger partial charge in [-0.15, -0.1) is 0 Å². The van der Waals surface area contributed by atoms with Crippen molar-refractivity contribution in [1.82, 2.24) is 4.90 Å². The average Bonchev–Trinajstić information content (AvgIpc) is 2.01. The molecule has 0 aliphatic carbocycles. The minimum atomic E-state index is -1.06. The van der Waals surface area contributed by atoms with Crippen molar-refractivity contribution < 1.29 is 20.4 Å². The molecule has 1 saturated heterocycles. The van der Waals surface area contributed by atoms with E-state index in [9.17, 15) is 10.2 Å². The first kappa shape index (κ1) is 9.88. The molecule has 5 nitrogen and oxygen atoms in total. The van der Waals surface area contributed by atoms with Gasteiger partial charge in [0, 0.05) is 19.6 Å². The minimum Gasteiger partial charge on any atom is -0.395 e. The molecule has 0 aromatic rings. The molecule has 12 heavy (non-hydrogen) atoms. The van der Waals surface area contributed by atoms with Crippen molar-refractivity contribution in [3.63, 3.8) is 0 Å². The van der Waals surface area contributed by atoms with Gasteiger partial charge in [0.05, 0.1) is 18.8 Å². The van der Waals surface area contributed by atoms with E-state index >= 15 is 0 Å². The van der Waals surface area contributed by atoms with Gasteiger partial charge in [-0.2, -0.15) is 0 Å². The Kier molecular flexibility index (Phi) is 3.42. The summed E-state index contributed by atoms with van der Waals surface area (Å²) < 4.78 is 0.